The van der Waals surface area contributed by atoms with Crippen molar-refractivity contribution in [3.05, 3.63) is 46.7 Å². The SMILES string of the molecule is Cc1cc(C)n(-c2cccc(Cl)c2)n1. The minimum absolute atomic E-state index is 0.732. The summed E-state index contributed by atoms with van der Waals surface area (Å²) in [4.78, 5) is 0. The molecule has 0 amide bonds. The highest BCUT2D eigenvalue weighted by Gasteiger charge is 2.03. The van der Waals surface area contributed by atoms with Crippen LogP contribution in [-0.4, -0.2) is 9.78 Å². The van der Waals surface area contributed by atoms with Crippen LogP contribution in [0.15, 0.2) is 30.3 Å². The van der Waals surface area contributed by atoms with Crippen LogP contribution in [0.2, 0.25) is 5.02 Å². The lowest BCUT2D eigenvalue weighted by atomic mass is 10.3. The third kappa shape index (κ3) is 1.66. The highest BCUT2D eigenvalue weighted by Crippen LogP contribution is 2.16. The van der Waals surface area contributed by atoms with E-state index in [1.54, 1.807) is 0 Å². The van der Waals surface area contributed by atoms with Gasteiger partial charge in [0.25, 0.3) is 0 Å². The second-order valence-corrected chi connectivity index (χ2v) is 3.76. The van der Waals surface area contributed by atoms with E-state index in [9.17, 15) is 0 Å². The fourth-order valence-corrected chi connectivity index (χ4v) is 1.68. The van der Waals surface area contributed by atoms with Crippen LogP contribution in [0.4, 0.5) is 0 Å². The summed E-state index contributed by atoms with van der Waals surface area (Å²) in [6.45, 7) is 4.01. The fraction of sp³-hybridized carbons (Fsp3) is 0.182. The predicted molar refractivity (Wildman–Crippen MR) is 58.0 cm³/mol. The van der Waals surface area contributed by atoms with Crippen molar-refractivity contribution in [1.29, 1.82) is 0 Å². The standard InChI is InChI=1S/C11H11ClN2/c1-8-6-9(2)14(13-8)11-5-3-4-10(12)7-11/h3-7H,1-2H3. The number of aromatic nitrogens is 2. The van der Waals surface area contributed by atoms with E-state index in [-0.39, 0.29) is 0 Å². The summed E-state index contributed by atoms with van der Waals surface area (Å²) in [7, 11) is 0. The summed E-state index contributed by atoms with van der Waals surface area (Å²) in [6, 6.07) is 9.72. The molecule has 72 valence electrons. The Kier molecular flexibility index (Phi) is 2.30. The summed E-state index contributed by atoms with van der Waals surface area (Å²) < 4.78 is 1.89. The molecule has 1 aromatic carbocycles. The topological polar surface area (TPSA) is 17.8 Å². The summed E-state index contributed by atoms with van der Waals surface area (Å²) >= 11 is 5.91. The van der Waals surface area contributed by atoms with Crippen molar-refractivity contribution >= 4 is 11.6 Å². The minimum atomic E-state index is 0.732. The van der Waals surface area contributed by atoms with E-state index in [1.165, 1.54) is 0 Å². The number of nitrogens with zero attached hydrogens (tertiary/aromatic N) is 2. The second kappa shape index (κ2) is 3.46. The van der Waals surface area contributed by atoms with Gasteiger partial charge in [0.15, 0.2) is 0 Å². The van der Waals surface area contributed by atoms with Gasteiger partial charge in [0, 0.05) is 10.7 Å². The van der Waals surface area contributed by atoms with Crippen LogP contribution in [0.5, 0.6) is 0 Å². The van der Waals surface area contributed by atoms with Crippen LogP contribution in [0, 0.1) is 13.8 Å². The first-order chi connectivity index (χ1) is 6.66. The van der Waals surface area contributed by atoms with Gasteiger partial charge in [-0.2, -0.15) is 5.10 Å². The monoisotopic (exact) mass is 206 g/mol. The summed E-state index contributed by atoms with van der Waals surface area (Å²) in [5.41, 5.74) is 3.13. The van der Waals surface area contributed by atoms with Crippen LogP contribution < -0.4 is 0 Å². The van der Waals surface area contributed by atoms with E-state index in [0.717, 1.165) is 22.1 Å². The fourth-order valence-electron chi connectivity index (χ4n) is 1.50. The van der Waals surface area contributed by atoms with E-state index in [2.05, 4.69) is 5.10 Å². The molecule has 0 saturated carbocycles. The first-order valence-electron chi connectivity index (χ1n) is 4.46. The molecule has 0 saturated heterocycles. The Hall–Kier alpha value is -1.28. The summed E-state index contributed by atoms with van der Waals surface area (Å²) in [5, 5.41) is 5.11. The van der Waals surface area contributed by atoms with Gasteiger partial charge in [-0.25, -0.2) is 4.68 Å². The maximum atomic E-state index is 5.91. The lowest BCUT2D eigenvalue weighted by Gasteiger charge is -2.03. The number of aryl methyl sites for hydroxylation is 2. The molecule has 14 heavy (non-hydrogen) atoms. The molecule has 2 rings (SSSR count). The molecule has 0 aliphatic rings. The highest BCUT2D eigenvalue weighted by atomic mass is 35.5. The Morgan fingerprint density at radius 3 is 2.57 bits per heavy atom. The van der Waals surface area contributed by atoms with Crippen molar-refractivity contribution in [3.8, 4) is 5.69 Å². The summed E-state index contributed by atoms with van der Waals surface area (Å²) in [5.74, 6) is 0. The van der Waals surface area contributed by atoms with Crippen molar-refractivity contribution in [2.45, 2.75) is 13.8 Å². The molecule has 3 heteroatoms. The van der Waals surface area contributed by atoms with E-state index >= 15 is 0 Å². The molecule has 0 fully saturated rings. The molecule has 2 aromatic rings. The molecule has 0 spiro atoms. The molecule has 0 N–H and O–H groups in total. The Morgan fingerprint density at radius 1 is 1.21 bits per heavy atom. The molecule has 0 radical (unpaired) electrons. The molecule has 1 aromatic heterocycles. The molecule has 0 aliphatic heterocycles. The van der Waals surface area contributed by atoms with E-state index in [4.69, 9.17) is 11.6 Å². The molecule has 2 nitrogen and oxygen atoms in total. The van der Waals surface area contributed by atoms with Gasteiger partial charge in [0.2, 0.25) is 0 Å². The van der Waals surface area contributed by atoms with Crippen molar-refractivity contribution in [2.75, 3.05) is 0 Å². The Bertz CT molecular complexity index is 460. The molecule has 0 unspecified atom stereocenters. The third-order valence-electron chi connectivity index (χ3n) is 2.06. The number of hydrogen-bond donors (Lipinski definition) is 0. The lowest BCUT2D eigenvalue weighted by molar-refractivity contribution is 0.834. The van der Waals surface area contributed by atoms with Gasteiger partial charge in [-0.1, -0.05) is 17.7 Å². The Balaban J connectivity index is 2.54. The van der Waals surface area contributed by atoms with Crippen molar-refractivity contribution in [1.82, 2.24) is 9.78 Å². The highest BCUT2D eigenvalue weighted by molar-refractivity contribution is 6.30. The van der Waals surface area contributed by atoms with Crippen LogP contribution >= 0.6 is 11.6 Å². The van der Waals surface area contributed by atoms with Crippen molar-refractivity contribution < 1.29 is 0 Å². The quantitative estimate of drug-likeness (QED) is 0.701. The molecule has 0 aliphatic carbocycles. The van der Waals surface area contributed by atoms with Crippen LogP contribution in [0.1, 0.15) is 11.4 Å². The zero-order valence-electron chi connectivity index (χ0n) is 8.16. The number of rotatable bonds is 1. The normalized spacial score (nSPS) is 10.5. The second-order valence-electron chi connectivity index (χ2n) is 3.32. The molecule has 0 atom stereocenters. The molecule has 1 heterocycles. The number of benzene rings is 1. The lowest BCUT2D eigenvalue weighted by Crippen LogP contribution is -1.98. The number of hydrogen-bond acceptors (Lipinski definition) is 1. The molecular formula is C11H11ClN2. The maximum Gasteiger partial charge on any atom is 0.0663 e. The van der Waals surface area contributed by atoms with Gasteiger partial charge in [-0.15, -0.1) is 0 Å². The smallest absolute Gasteiger partial charge is 0.0663 e. The first kappa shape index (κ1) is 9.28. The zero-order valence-corrected chi connectivity index (χ0v) is 8.92. The number of halogens is 1. The average Bonchev–Trinajstić information content (AvgIpc) is 2.45. The van der Waals surface area contributed by atoms with Gasteiger partial charge in [0.1, 0.15) is 0 Å². The van der Waals surface area contributed by atoms with Gasteiger partial charge >= 0.3 is 0 Å². The van der Waals surface area contributed by atoms with Gasteiger partial charge in [-0.3, -0.25) is 0 Å². The third-order valence-corrected chi connectivity index (χ3v) is 2.30. The van der Waals surface area contributed by atoms with E-state index in [0.29, 0.717) is 0 Å². The van der Waals surface area contributed by atoms with Gasteiger partial charge < -0.3 is 0 Å². The predicted octanol–water partition coefficient (Wildman–Crippen LogP) is 3.14. The molecular weight excluding hydrogens is 196 g/mol. The van der Waals surface area contributed by atoms with Crippen molar-refractivity contribution in [2.24, 2.45) is 0 Å². The van der Waals surface area contributed by atoms with Crippen LogP contribution in [-0.2, 0) is 0 Å². The van der Waals surface area contributed by atoms with Crippen LogP contribution in [0.25, 0.3) is 5.69 Å². The summed E-state index contributed by atoms with van der Waals surface area (Å²) in [6.07, 6.45) is 0. The van der Waals surface area contributed by atoms with Gasteiger partial charge in [-0.05, 0) is 38.1 Å². The largest absolute Gasteiger partial charge is 0.238 e. The average molecular weight is 207 g/mol. The minimum Gasteiger partial charge on any atom is -0.238 e. The Morgan fingerprint density at radius 2 is 2.00 bits per heavy atom. The first-order valence-corrected chi connectivity index (χ1v) is 4.84. The molecule has 0 bridgehead atoms. The van der Waals surface area contributed by atoms with Crippen molar-refractivity contribution in [3.63, 3.8) is 0 Å². The van der Waals surface area contributed by atoms with E-state index < -0.39 is 0 Å². The maximum absolute atomic E-state index is 5.91. The Labute approximate surface area is 88.1 Å². The van der Waals surface area contributed by atoms with Gasteiger partial charge in [0.05, 0.1) is 11.4 Å². The van der Waals surface area contributed by atoms with Crippen LogP contribution in [0.3, 0.4) is 0 Å². The van der Waals surface area contributed by atoms with E-state index in [1.807, 2.05) is 48.9 Å². The zero-order chi connectivity index (χ0) is 10.1.